The van der Waals surface area contributed by atoms with E-state index in [4.69, 9.17) is 9.84 Å². The number of carbonyl (C=O) groups is 2. The molecular formula is C82H102N20O16P2. The average Bonchev–Trinajstić information content (AvgIpc) is 0.770. The van der Waals surface area contributed by atoms with Crippen LogP contribution < -0.4 is 65.8 Å². The van der Waals surface area contributed by atoms with E-state index in [9.17, 15) is 67.2 Å². The number of hydrogen-bond donors (Lipinski definition) is 11. The molecular weight excluding hydrogens is 1580 g/mol. The van der Waals surface area contributed by atoms with E-state index in [0.29, 0.717) is 126 Å². The Bertz CT molecular complexity index is 6380. The summed E-state index contributed by atoms with van der Waals surface area (Å²) in [5.74, 6) is -0.160. The average molecular weight is 1690 g/mol. The van der Waals surface area contributed by atoms with Crippen LogP contribution in [0.5, 0.6) is 0 Å². The van der Waals surface area contributed by atoms with Gasteiger partial charge in [-0.2, -0.15) is 19.9 Å². The molecule has 0 saturated heterocycles. The molecule has 8 heterocycles. The molecule has 0 bridgehead atoms. The third kappa shape index (κ3) is 23.9. The van der Waals surface area contributed by atoms with E-state index < -0.39 is 71.6 Å². The van der Waals surface area contributed by atoms with E-state index in [-0.39, 0.29) is 64.6 Å². The van der Waals surface area contributed by atoms with E-state index in [2.05, 4.69) is 82.1 Å². The van der Waals surface area contributed by atoms with Crippen LogP contribution in [0.1, 0.15) is 96.4 Å². The van der Waals surface area contributed by atoms with E-state index in [0.717, 1.165) is 91.5 Å². The van der Waals surface area contributed by atoms with Crippen molar-refractivity contribution in [1.29, 1.82) is 0 Å². The third-order valence-electron chi connectivity index (χ3n) is 20.3. The van der Waals surface area contributed by atoms with E-state index in [1.807, 2.05) is 160 Å². The summed E-state index contributed by atoms with van der Waals surface area (Å²) in [6.07, 6.45) is 8.64. The minimum atomic E-state index is -3.06. The number of Topliss-reactive ketones (excluding diaryl/α,β-unsaturated/α-hetero) is 1. The molecule has 38 heteroatoms. The van der Waals surface area contributed by atoms with Gasteiger partial charge in [-0.05, 0) is 180 Å². The van der Waals surface area contributed by atoms with Crippen molar-refractivity contribution in [2.45, 2.75) is 133 Å². The number of anilines is 1. The summed E-state index contributed by atoms with van der Waals surface area (Å²) < 4.78 is 24.3. The summed E-state index contributed by atoms with van der Waals surface area (Å²) >= 11 is 0. The van der Waals surface area contributed by atoms with Crippen LogP contribution in [0.4, 0.5) is 5.69 Å². The van der Waals surface area contributed by atoms with Gasteiger partial charge in [0.05, 0.1) is 56.7 Å². The highest BCUT2D eigenvalue weighted by atomic mass is 31.2. The van der Waals surface area contributed by atoms with Gasteiger partial charge in [0.2, 0.25) is 0 Å². The minimum Gasteiger partial charge on any atom is -0.481 e. The fraction of sp³-hybridized carbons (Fsp3) is 0.402. The van der Waals surface area contributed by atoms with Gasteiger partial charge in [-0.15, -0.1) is 0 Å². The molecule has 13 rings (SSSR count). The molecule has 5 aromatic rings. The van der Waals surface area contributed by atoms with Crippen molar-refractivity contribution in [2.24, 2.45) is 5.92 Å². The largest absolute Gasteiger partial charge is 0.481 e. The Kier molecular flexibility index (Phi) is 30.6. The number of unbranched alkanes of at least 4 members (excludes halogenated alkanes) is 3. The number of ketones is 1. The summed E-state index contributed by atoms with van der Waals surface area (Å²) in [7, 11) is -2.11. The molecule has 0 fully saturated rings. The van der Waals surface area contributed by atoms with Crippen LogP contribution in [0.25, 0.3) is 90.2 Å². The quantitative estimate of drug-likeness (QED) is 0.0136. The second-order valence-electron chi connectivity index (χ2n) is 30.2. The third-order valence-corrected chi connectivity index (χ3v) is 22.4. The molecule has 8 aliphatic rings. The Morgan fingerprint density at radius 1 is 0.475 bits per heavy atom. The molecule has 36 nitrogen and oxygen atoms in total. The number of H-pyrrole nitrogens is 4. The Labute approximate surface area is 687 Å². The molecule has 636 valence electrons. The van der Waals surface area contributed by atoms with Crippen LogP contribution in [0, 0.1) is 54.4 Å². The second-order valence-corrected chi connectivity index (χ2v) is 35.0. The number of nitrogens with one attached hydrogen (secondary N) is 7. The first-order valence-electron chi connectivity index (χ1n) is 39.3. The Balaban J connectivity index is 0.000000169. The summed E-state index contributed by atoms with van der Waals surface area (Å²) in [5.41, 5.74) is 10.8. The topological polar surface area (TPSA) is 503 Å². The zero-order valence-corrected chi connectivity index (χ0v) is 70.8. The summed E-state index contributed by atoms with van der Waals surface area (Å²) in [6.45, 7) is 22.6. The van der Waals surface area contributed by atoms with Gasteiger partial charge in [0.1, 0.15) is 13.9 Å². The van der Waals surface area contributed by atoms with Gasteiger partial charge in [-0.3, -0.25) is 53.3 Å². The standard InChI is InChI=1S/C26H29N5O4.C20H28N5O4P.C19H23N5O4.C17H22N5O4P/c1-17-13-21-22(14-18(17)2)31(24-23(28-21)25(33)30-26(34)29-24)12-11-27-10-6-9-20(32)16-35-15-19-7-4-3-5-8-19;1-13-11-14-16(12-15(13)24(2)3)25(9-7-5-6-8-10-30(4,28)29)18-17(21-14)19(26)23-20(27)22-18;1-10(18(26)27)4-5-20-6-7-24-14-9-12(3)11(2)8-13(14)21-15-16(24)22-19(28)23-17(15)25;1-10-8-12-13(9-11(10)2)22(6-4-18-5-7-27(3,25)26)15-14(19-12)16(23)21-17(24)20-15/h3-5,7-8,13-14,27H,6,9-12,15-16H2,1-2H3,(H,30,33,34);11-12H,5-10H2,1-4H3,(H,28,29)(H,23,26,27);8-10,20H,4-7H2,1-3H3,(H,26,27)(H,23,25,28);8-9,18,25-26H,3-7H2,1-2H3,(H,21,23,24)/t;;10-;/m..0./s1. The van der Waals surface area contributed by atoms with Crippen molar-refractivity contribution >= 4 is 82.6 Å². The first-order valence-corrected chi connectivity index (χ1v) is 43.6. The van der Waals surface area contributed by atoms with Gasteiger partial charge in [0.15, 0.2) is 59.2 Å². The lowest BCUT2D eigenvalue weighted by atomic mass is 10.1. The number of aliphatic carboxylic acids is 1. The lowest BCUT2D eigenvalue weighted by Gasteiger charge is -2.21. The number of carbonyl (C=O) groups excluding carboxylic acids is 1. The first-order chi connectivity index (χ1) is 56.9. The Morgan fingerprint density at radius 3 is 1.23 bits per heavy atom. The molecule has 5 aromatic carbocycles. The van der Waals surface area contributed by atoms with Crippen LogP contribution in [0.2, 0.25) is 0 Å². The van der Waals surface area contributed by atoms with Crippen molar-refractivity contribution < 1.29 is 38.7 Å². The van der Waals surface area contributed by atoms with Crippen LogP contribution in [-0.4, -0.2) is 195 Å². The second kappa shape index (κ2) is 40.4. The van der Waals surface area contributed by atoms with Gasteiger partial charge in [-0.25, -0.2) is 39.1 Å². The lowest BCUT2D eigenvalue weighted by molar-refractivity contribution is -0.141. The molecule has 0 aliphatic carbocycles. The number of aryl methyl sites for hydroxylation is 8. The van der Waals surface area contributed by atoms with E-state index >= 15 is 0 Å². The number of aromatic nitrogens is 16. The predicted octanol–water partition coefficient (Wildman–Crippen LogP) is 5.73. The molecule has 0 radical (unpaired) electrons. The van der Waals surface area contributed by atoms with Crippen molar-refractivity contribution in [3.63, 3.8) is 0 Å². The Hall–Kier alpha value is -11.6. The van der Waals surface area contributed by atoms with Crippen molar-refractivity contribution in [3.05, 3.63) is 207 Å². The predicted molar refractivity (Wildman–Crippen MR) is 464 cm³/mol. The summed E-state index contributed by atoms with van der Waals surface area (Å²) in [5, 5.41) is 18.6. The van der Waals surface area contributed by atoms with Crippen molar-refractivity contribution in [1.82, 2.24) is 94.0 Å². The SMILES string of the molecule is C=P(O)(O)CCNCCn1c2nc(=O)[nH]c(=O)c-2nc2cc(C)c(C)cc21.Cc1cc2nc3c(=O)[nH]c(=O)nc-3n(CCCCCCP(C)(=O)O)c2cc1N(C)C.Cc1cc2nc3c(=O)[nH]c(=O)nc-3n(CCNCCCC(=O)COCc3ccccc3)c2cc1C.Cc1cc2nc3c(=O)[nH]c(=O)nc-3n(CCNCC[C@H](C)C(=O)O)c2cc1C. The van der Waals surface area contributed by atoms with Crippen molar-refractivity contribution in [2.75, 3.05) is 83.9 Å². The van der Waals surface area contributed by atoms with Gasteiger partial charge in [0.25, 0.3) is 22.2 Å². The number of carboxylic acids is 1. The molecule has 2 atom stereocenters. The number of fused-ring (bicyclic) bond motifs is 8. The lowest BCUT2D eigenvalue weighted by Crippen LogP contribution is -2.30. The van der Waals surface area contributed by atoms with E-state index in [1.165, 1.54) is 6.66 Å². The summed E-state index contributed by atoms with van der Waals surface area (Å²) in [6, 6.07) is 25.4. The maximum atomic E-state index is 12.4. The number of nitrogens with zero attached hydrogens (tertiary/aromatic N) is 13. The number of ether oxygens (including phenoxy) is 1. The van der Waals surface area contributed by atoms with Crippen LogP contribution in [0.3, 0.4) is 0 Å². The van der Waals surface area contributed by atoms with Gasteiger partial charge in [0, 0.05) is 97.6 Å². The molecule has 8 aliphatic heterocycles. The molecule has 0 saturated carbocycles. The number of hydrogen-bond acceptors (Lipinski definition) is 26. The number of carboxylic acid groups (broad SMARTS) is 1. The molecule has 0 aromatic heterocycles. The van der Waals surface area contributed by atoms with Crippen LogP contribution in [-0.2, 0) is 51.7 Å². The fourth-order valence-electron chi connectivity index (χ4n) is 13.5. The normalized spacial score (nSPS) is 12.4. The molecule has 1 unspecified atom stereocenters. The number of aromatic amines is 4. The maximum absolute atomic E-state index is 12.4. The monoisotopic (exact) mass is 1680 g/mol. The molecule has 0 amide bonds. The fourth-order valence-corrected chi connectivity index (χ4v) is 14.8. The molecule has 0 spiro atoms. The first kappa shape index (κ1) is 90.7. The van der Waals surface area contributed by atoms with Gasteiger partial charge in [-0.1, -0.05) is 56.4 Å². The highest BCUT2D eigenvalue weighted by Crippen LogP contribution is 2.37. The molecule has 11 N–H and O–H groups in total. The van der Waals surface area contributed by atoms with Gasteiger partial charge < -0.3 is 63.6 Å². The highest BCUT2D eigenvalue weighted by Gasteiger charge is 2.25. The number of rotatable bonds is 32. The zero-order valence-electron chi connectivity index (χ0n) is 69.0. The van der Waals surface area contributed by atoms with Gasteiger partial charge >= 0.3 is 28.7 Å². The summed E-state index contributed by atoms with van der Waals surface area (Å²) in [4.78, 5) is 192. The van der Waals surface area contributed by atoms with E-state index in [1.54, 1.807) is 11.5 Å². The Morgan fingerprint density at radius 2 is 0.842 bits per heavy atom. The van der Waals surface area contributed by atoms with Crippen LogP contribution in [0.15, 0.2) is 117 Å². The van der Waals surface area contributed by atoms with Crippen molar-refractivity contribution in [3.8, 4) is 46.1 Å². The maximum Gasteiger partial charge on any atom is 0.349 e. The molecule has 120 heavy (non-hydrogen) atoms. The minimum absolute atomic E-state index is 0.0699. The highest BCUT2D eigenvalue weighted by molar-refractivity contribution is 7.62. The van der Waals surface area contributed by atoms with Crippen LogP contribution >= 0.6 is 14.7 Å². The smallest absolute Gasteiger partial charge is 0.349 e. The zero-order chi connectivity index (χ0) is 87.0. The number of benzene rings is 5.